The third-order valence-corrected chi connectivity index (χ3v) is 18.1. The normalized spacial score (nSPS) is 13.4. The van der Waals surface area contributed by atoms with Gasteiger partial charge in [0.1, 0.15) is 57.3 Å². The highest BCUT2D eigenvalue weighted by atomic mass is 35.5. The first-order valence-corrected chi connectivity index (χ1v) is 28.8. The number of carbonyl (C=O) groups is 2. The van der Waals surface area contributed by atoms with Crippen molar-refractivity contribution in [3.05, 3.63) is 127 Å². The second kappa shape index (κ2) is 30.2. The summed E-state index contributed by atoms with van der Waals surface area (Å²) in [4.78, 5) is 34.7. The van der Waals surface area contributed by atoms with Crippen LogP contribution in [0.5, 0.6) is 23.0 Å². The number of carbonyl (C=O) groups excluding carboxylic acids is 2. The smallest absolute Gasteiger partial charge is 0.343 e. The van der Waals surface area contributed by atoms with Crippen LogP contribution in [-0.4, -0.2) is 115 Å². The molecule has 3 N–H and O–H groups in total. The Kier molecular flexibility index (Phi) is 25.6. The van der Waals surface area contributed by atoms with Gasteiger partial charge in [-0.15, -0.1) is 0 Å². The van der Waals surface area contributed by atoms with Gasteiger partial charge in [-0.25, -0.2) is 18.4 Å². The summed E-state index contributed by atoms with van der Waals surface area (Å²) in [5.41, 5.74) is 1.73. The minimum Gasteiger partial charge on any atom is -0.506 e. The molecule has 0 saturated heterocycles. The fourth-order valence-electron chi connectivity index (χ4n) is 7.17. The molecule has 0 unspecified atom stereocenters. The van der Waals surface area contributed by atoms with Crippen molar-refractivity contribution in [1.29, 1.82) is 0 Å². The van der Waals surface area contributed by atoms with Crippen molar-refractivity contribution in [3.8, 4) is 23.0 Å². The summed E-state index contributed by atoms with van der Waals surface area (Å²) >= 11 is 11.9. The molecule has 422 valence electrons. The molecule has 0 heterocycles. The first-order chi connectivity index (χ1) is 36.2. The number of esters is 2. The lowest BCUT2D eigenvalue weighted by Crippen LogP contribution is -2.43. The lowest BCUT2D eigenvalue weighted by molar-refractivity contribution is -0.138. The van der Waals surface area contributed by atoms with Crippen LogP contribution in [0.4, 0.5) is 8.78 Å². The number of ether oxygens (including phenoxy) is 6. The maximum atomic E-state index is 14.7. The van der Waals surface area contributed by atoms with Crippen LogP contribution in [0.15, 0.2) is 81.8 Å². The third-order valence-electron chi connectivity index (χ3n) is 13.0. The van der Waals surface area contributed by atoms with Gasteiger partial charge < -0.3 is 48.2 Å². The average Bonchev–Trinajstić information content (AvgIpc) is 3.38. The molecule has 0 spiro atoms. The number of hydrogen-bond acceptors (Lipinski definition) is 14. The SMILES string of the molecule is CCOC(=O)C(C=N[C@H](CO)C(C)C)=C(O)c1cc(Cc2cccc(Cl)c2F)c(OC)cc1OC.CCOC(=O)C(C=N[C@H](CO[Si](C)(C)C(C)(C)C)C(C)C)=C(O)c1cc(Cc2cccc(Cl)c2F)c(OC)cc1OC. The second-order valence-corrected chi connectivity index (χ2v) is 25.5. The fraction of sp³-hybridized carbons (Fsp3) is 0.448. The van der Waals surface area contributed by atoms with E-state index in [0.717, 1.165) is 0 Å². The molecule has 0 bridgehead atoms. The molecule has 19 heteroatoms. The average molecular weight is 1130 g/mol. The van der Waals surface area contributed by atoms with E-state index in [1.54, 1.807) is 56.3 Å². The van der Waals surface area contributed by atoms with Gasteiger partial charge in [-0.2, -0.15) is 0 Å². The van der Waals surface area contributed by atoms with E-state index in [9.17, 15) is 33.7 Å². The highest BCUT2D eigenvalue weighted by Crippen LogP contribution is 2.39. The summed E-state index contributed by atoms with van der Waals surface area (Å²) in [6.07, 6.45) is 2.74. The van der Waals surface area contributed by atoms with Crippen LogP contribution in [0.25, 0.3) is 11.5 Å². The lowest BCUT2D eigenvalue weighted by Gasteiger charge is -2.37. The Morgan fingerprint density at radius 1 is 0.636 bits per heavy atom. The van der Waals surface area contributed by atoms with Crippen molar-refractivity contribution in [2.75, 3.05) is 54.9 Å². The van der Waals surface area contributed by atoms with Crippen LogP contribution < -0.4 is 18.9 Å². The number of halogens is 4. The molecule has 0 amide bonds. The molecule has 4 rings (SSSR count). The van der Waals surface area contributed by atoms with E-state index in [1.165, 1.54) is 59.1 Å². The van der Waals surface area contributed by atoms with E-state index in [-0.39, 0.29) is 99.4 Å². The molecule has 0 radical (unpaired) electrons. The number of aliphatic hydroxyl groups is 3. The monoisotopic (exact) mass is 1130 g/mol. The van der Waals surface area contributed by atoms with Crippen LogP contribution in [0.2, 0.25) is 28.2 Å². The molecule has 77 heavy (non-hydrogen) atoms. The van der Waals surface area contributed by atoms with E-state index in [1.807, 2.05) is 27.7 Å². The first kappa shape index (κ1) is 65.3. The molecule has 0 aliphatic carbocycles. The molecular formula is C58H76Cl2F2N2O12Si. The topological polar surface area (TPSA) is 184 Å². The van der Waals surface area contributed by atoms with E-state index < -0.39 is 49.5 Å². The van der Waals surface area contributed by atoms with Gasteiger partial charge in [-0.3, -0.25) is 9.98 Å². The summed E-state index contributed by atoms with van der Waals surface area (Å²) in [5.74, 6) is -2.11. The first-order valence-electron chi connectivity index (χ1n) is 25.1. The Labute approximate surface area is 463 Å². The van der Waals surface area contributed by atoms with Gasteiger partial charge in [0.2, 0.25) is 0 Å². The van der Waals surface area contributed by atoms with Gasteiger partial charge in [-0.1, -0.05) is 95.9 Å². The maximum Gasteiger partial charge on any atom is 0.343 e. The number of aliphatic imine (C=N–C) groups is 2. The Balaban J connectivity index is 0.000000412. The molecule has 4 aromatic carbocycles. The van der Waals surface area contributed by atoms with Crippen molar-refractivity contribution in [2.45, 2.75) is 105 Å². The fourth-order valence-corrected chi connectivity index (χ4v) is 8.58. The Hall–Kier alpha value is -5.98. The van der Waals surface area contributed by atoms with Crippen molar-refractivity contribution >= 4 is 67.4 Å². The second-order valence-electron chi connectivity index (χ2n) is 19.9. The van der Waals surface area contributed by atoms with Crippen LogP contribution >= 0.6 is 23.2 Å². The molecule has 0 saturated carbocycles. The summed E-state index contributed by atoms with van der Waals surface area (Å²) in [6.45, 7) is 22.3. The van der Waals surface area contributed by atoms with Crippen LogP contribution in [-0.2, 0) is 36.3 Å². The van der Waals surface area contributed by atoms with E-state index in [4.69, 9.17) is 56.0 Å². The van der Waals surface area contributed by atoms with Gasteiger partial charge in [0.15, 0.2) is 8.32 Å². The van der Waals surface area contributed by atoms with Crippen molar-refractivity contribution in [3.63, 3.8) is 0 Å². The standard InChI is InChI=1S/C32H45ClFNO6Si.C26H31ClFNO6/c1-11-40-31(37)24(18-35-26(20(2)3)19-41-42(9,10)32(4,5)6)30(36)23-16-22(27(38-7)17-28(23)39-8)15-21-13-12-14-25(33)29(21)34;1-6-35-26(32)19(13-29-21(14-30)15(2)3)25(31)18-11-17(22(33-4)12-23(18)34-5)10-16-8-7-9-20(27)24(16)28/h12-14,16-18,20,26,36H,11,15,19H2,1-10H3;7-9,11-13,15,21,30-31H,6,10,14H2,1-5H3/t26-;21-/m11/s1. The molecule has 0 aliphatic rings. The Morgan fingerprint density at radius 2 is 1.01 bits per heavy atom. The summed E-state index contributed by atoms with van der Waals surface area (Å²) in [7, 11) is 3.74. The Bertz CT molecular complexity index is 2770. The number of benzene rings is 4. The zero-order valence-corrected chi connectivity index (χ0v) is 49.4. The predicted molar refractivity (Wildman–Crippen MR) is 304 cm³/mol. The van der Waals surface area contributed by atoms with Crippen LogP contribution in [0.1, 0.15) is 95.7 Å². The highest BCUT2D eigenvalue weighted by Gasteiger charge is 2.38. The number of methoxy groups -OCH3 is 4. The van der Waals surface area contributed by atoms with Gasteiger partial charge in [0, 0.05) is 37.4 Å². The van der Waals surface area contributed by atoms with Gasteiger partial charge >= 0.3 is 11.9 Å². The molecule has 14 nitrogen and oxygen atoms in total. The third kappa shape index (κ3) is 17.8. The van der Waals surface area contributed by atoms with Gasteiger partial charge in [-0.05, 0) is 90.3 Å². The number of rotatable bonds is 24. The van der Waals surface area contributed by atoms with E-state index in [0.29, 0.717) is 40.4 Å². The quantitative estimate of drug-likeness (QED) is 0.0199. The molecule has 0 aromatic heterocycles. The van der Waals surface area contributed by atoms with E-state index >= 15 is 0 Å². The van der Waals surface area contributed by atoms with Gasteiger partial charge in [0.05, 0.1) is 88.1 Å². The number of nitrogens with zero attached hydrogens (tertiary/aromatic N) is 2. The molecular weight excluding hydrogens is 1050 g/mol. The molecule has 4 aromatic rings. The number of aliphatic hydroxyl groups excluding tert-OH is 3. The predicted octanol–water partition coefficient (Wildman–Crippen LogP) is 13.0. The molecule has 2 atom stereocenters. The highest BCUT2D eigenvalue weighted by molar-refractivity contribution is 6.74. The van der Waals surface area contributed by atoms with Crippen LogP contribution in [0, 0.1) is 23.5 Å². The zero-order valence-electron chi connectivity index (χ0n) is 46.9. The summed E-state index contributed by atoms with van der Waals surface area (Å²) < 4.78 is 68.0. The molecule has 0 aliphatic heterocycles. The van der Waals surface area contributed by atoms with Crippen molar-refractivity contribution in [2.24, 2.45) is 21.8 Å². The Morgan fingerprint density at radius 3 is 1.34 bits per heavy atom. The van der Waals surface area contributed by atoms with Gasteiger partial charge in [0.25, 0.3) is 0 Å². The zero-order chi connectivity index (χ0) is 57.9. The molecule has 0 fully saturated rings. The minimum absolute atomic E-state index is 0.000921. The largest absolute Gasteiger partial charge is 0.506 e. The lowest BCUT2D eigenvalue weighted by atomic mass is 9.98. The number of hydrogen-bond donors (Lipinski definition) is 3. The van der Waals surface area contributed by atoms with Crippen LogP contribution in [0.3, 0.4) is 0 Å². The summed E-state index contributed by atoms with van der Waals surface area (Å²) in [5, 5.41) is 32.3. The maximum absolute atomic E-state index is 14.7. The van der Waals surface area contributed by atoms with E-state index in [2.05, 4.69) is 43.9 Å². The van der Waals surface area contributed by atoms with Crippen molar-refractivity contribution in [1.82, 2.24) is 0 Å². The van der Waals surface area contributed by atoms with Crippen molar-refractivity contribution < 1.29 is 66.5 Å². The minimum atomic E-state index is -2.04. The summed E-state index contributed by atoms with van der Waals surface area (Å²) in [6, 6.07) is 14.9.